The zero-order chi connectivity index (χ0) is 25.2. The van der Waals surface area contributed by atoms with Crippen LogP contribution in [0.1, 0.15) is 30.3 Å². The number of fused-ring (bicyclic) bond motifs is 1. The number of aliphatic hydroxyl groups is 1. The van der Waals surface area contributed by atoms with Gasteiger partial charge in [-0.3, -0.25) is 14.5 Å². The number of anilines is 1. The third-order valence-corrected chi connectivity index (χ3v) is 7.03. The number of aliphatic hydroxyl groups excluding tert-OH is 1. The Morgan fingerprint density at radius 2 is 1.72 bits per heavy atom. The number of carbonyl (C=O) groups excluding carboxylic acids is 2. The summed E-state index contributed by atoms with van der Waals surface area (Å²) < 4.78 is 11.4. The fourth-order valence-electron chi connectivity index (χ4n) is 4.59. The number of carbonyl (C=O) groups is 2. The van der Waals surface area contributed by atoms with E-state index in [9.17, 15) is 14.7 Å². The molecule has 4 aromatic rings. The highest BCUT2D eigenvalue weighted by atomic mass is 32.1. The van der Waals surface area contributed by atoms with Gasteiger partial charge in [-0.2, -0.15) is 0 Å². The number of hydrogen-bond donors (Lipinski definition) is 1. The molecule has 6 nitrogen and oxygen atoms in total. The Hall–Kier alpha value is -4.10. The smallest absolute Gasteiger partial charge is 0.300 e. The number of benzene rings is 3. The first-order chi connectivity index (χ1) is 17.5. The first-order valence-corrected chi connectivity index (χ1v) is 12.6. The Bertz CT molecular complexity index is 1470. The van der Waals surface area contributed by atoms with Gasteiger partial charge in [-0.25, -0.2) is 0 Å². The lowest BCUT2D eigenvalue weighted by atomic mass is 9.98. The van der Waals surface area contributed by atoms with Gasteiger partial charge < -0.3 is 14.6 Å². The fourth-order valence-corrected chi connectivity index (χ4v) is 5.41. The molecule has 0 bridgehead atoms. The van der Waals surface area contributed by atoms with E-state index in [4.69, 9.17) is 9.47 Å². The van der Waals surface area contributed by atoms with Crippen molar-refractivity contribution in [3.8, 4) is 11.5 Å². The molecular weight excluding hydrogens is 474 g/mol. The average molecular weight is 500 g/mol. The van der Waals surface area contributed by atoms with Crippen molar-refractivity contribution in [1.29, 1.82) is 0 Å². The second kappa shape index (κ2) is 9.87. The molecule has 1 N–H and O–H groups in total. The van der Waals surface area contributed by atoms with Crippen molar-refractivity contribution < 1.29 is 24.2 Å². The molecule has 2 heterocycles. The number of ketones is 1. The Morgan fingerprint density at radius 3 is 2.47 bits per heavy atom. The molecular formula is C29H25NO5S. The van der Waals surface area contributed by atoms with Crippen LogP contribution >= 0.6 is 11.3 Å². The second-order valence-electron chi connectivity index (χ2n) is 8.21. The summed E-state index contributed by atoms with van der Waals surface area (Å²) in [5.41, 5.74) is 0.975. The van der Waals surface area contributed by atoms with Crippen molar-refractivity contribution in [3.63, 3.8) is 0 Å². The Balaban J connectivity index is 1.73. The summed E-state index contributed by atoms with van der Waals surface area (Å²) in [4.78, 5) is 29.3. The van der Waals surface area contributed by atoms with Gasteiger partial charge in [-0.05, 0) is 48.9 Å². The monoisotopic (exact) mass is 499 g/mol. The maximum atomic E-state index is 13.5. The Kier molecular flexibility index (Phi) is 6.48. The van der Waals surface area contributed by atoms with Gasteiger partial charge in [0.2, 0.25) is 0 Å². The summed E-state index contributed by atoms with van der Waals surface area (Å²) in [5, 5.41) is 15.2. The van der Waals surface area contributed by atoms with E-state index in [0.29, 0.717) is 36.0 Å². The van der Waals surface area contributed by atoms with Crippen molar-refractivity contribution in [3.05, 3.63) is 94.2 Å². The van der Waals surface area contributed by atoms with Crippen LogP contribution in [-0.2, 0) is 9.59 Å². The number of Topliss-reactive ketones (excluding diaryl/α,β-unsaturated/α-hetero) is 1. The molecule has 0 spiro atoms. The maximum Gasteiger partial charge on any atom is 0.300 e. The number of thiophene rings is 1. The molecule has 182 valence electrons. The van der Waals surface area contributed by atoms with Crippen molar-refractivity contribution in [2.24, 2.45) is 0 Å². The lowest BCUT2D eigenvalue weighted by Crippen LogP contribution is -2.29. The SMILES string of the molecule is CCOc1ccc(/C(O)=C2/C(=O)C(=O)N(c3cccc4ccccc34)C2c2cccs2)c(OCC)c1. The van der Waals surface area contributed by atoms with Crippen LogP contribution in [0.4, 0.5) is 5.69 Å². The van der Waals surface area contributed by atoms with Crippen LogP contribution in [0.15, 0.2) is 83.7 Å². The van der Waals surface area contributed by atoms with E-state index < -0.39 is 17.7 Å². The minimum absolute atomic E-state index is 0.0282. The molecule has 36 heavy (non-hydrogen) atoms. The van der Waals surface area contributed by atoms with E-state index in [0.717, 1.165) is 15.6 Å². The third-order valence-electron chi connectivity index (χ3n) is 6.10. The van der Waals surface area contributed by atoms with Crippen molar-refractivity contribution in [2.45, 2.75) is 19.9 Å². The molecule has 1 unspecified atom stereocenters. The van der Waals surface area contributed by atoms with Crippen LogP contribution < -0.4 is 14.4 Å². The number of amides is 1. The Labute approximate surface area is 213 Å². The normalized spacial score (nSPS) is 17.1. The molecule has 7 heteroatoms. The van der Waals surface area contributed by atoms with Crippen molar-refractivity contribution >= 4 is 45.2 Å². The molecule has 3 aromatic carbocycles. The first kappa shape index (κ1) is 23.6. The van der Waals surface area contributed by atoms with Crippen LogP contribution in [0.5, 0.6) is 11.5 Å². The summed E-state index contributed by atoms with van der Waals surface area (Å²) >= 11 is 1.43. The van der Waals surface area contributed by atoms with E-state index in [1.807, 2.05) is 73.8 Å². The van der Waals surface area contributed by atoms with Gasteiger partial charge in [0.1, 0.15) is 23.3 Å². The minimum atomic E-state index is -0.781. The Morgan fingerprint density at radius 1 is 0.944 bits per heavy atom. The highest BCUT2D eigenvalue weighted by Crippen LogP contribution is 2.46. The quantitative estimate of drug-likeness (QED) is 0.183. The number of rotatable bonds is 7. The third kappa shape index (κ3) is 4.01. The lowest BCUT2D eigenvalue weighted by molar-refractivity contribution is -0.132. The average Bonchev–Trinajstić information content (AvgIpc) is 3.51. The van der Waals surface area contributed by atoms with E-state index in [-0.39, 0.29) is 11.3 Å². The van der Waals surface area contributed by atoms with E-state index >= 15 is 0 Å². The maximum absolute atomic E-state index is 13.5. The highest BCUT2D eigenvalue weighted by molar-refractivity contribution is 7.10. The molecule has 1 aliphatic rings. The standard InChI is InChI=1S/C29H25NO5S/c1-3-34-19-14-15-21(23(17-19)35-4-2)27(31)25-26(24-13-8-16-36-24)30(29(33)28(25)32)22-12-7-10-18-9-5-6-11-20(18)22/h5-17,26,31H,3-4H2,1-2H3/b27-25-. The molecule has 1 aromatic heterocycles. The van der Waals surface area contributed by atoms with Gasteiger partial charge in [-0.15, -0.1) is 11.3 Å². The molecule has 1 aliphatic heterocycles. The highest BCUT2D eigenvalue weighted by Gasteiger charge is 2.48. The van der Waals surface area contributed by atoms with Crippen LogP contribution in [0.3, 0.4) is 0 Å². The summed E-state index contributed by atoms with van der Waals surface area (Å²) in [5.74, 6) is -0.739. The number of nitrogens with zero attached hydrogens (tertiary/aromatic N) is 1. The van der Waals surface area contributed by atoms with E-state index in [2.05, 4.69) is 0 Å². The summed E-state index contributed by atoms with van der Waals surface area (Å²) in [7, 11) is 0. The summed E-state index contributed by atoms with van der Waals surface area (Å²) in [6.45, 7) is 4.55. The zero-order valence-corrected chi connectivity index (χ0v) is 20.7. The molecule has 1 fully saturated rings. The molecule has 1 saturated heterocycles. The molecule has 0 aliphatic carbocycles. The van der Waals surface area contributed by atoms with Crippen LogP contribution in [-0.4, -0.2) is 30.0 Å². The molecule has 1 amide bonds. The van der Waals surface area contributed by atoms with Gasteiger partial charge in [0.15, 0.2) is 0 Å². The topological polar surface area (TPSA) is 76.1 Å². The van der Waals surface area contributed by atoms with Gasteiger partial charge in [0, 0.05) is 16.3 Å². The molecule has 1 atom stereocenters. The second-order valence-corrected chi connectivity index (χ2v) is 9.19. The van der Waals surface area contributed by atoms with Gasteiger partial charge in [0.25, 0.3) is 11.7 Å². The fraction of sp³-hybridized carbons (Fsp3) is 0.172. The largest absolute Gasteiger partial charge is 0.507 e. The summed E-state index contributed by atoms with van der Waals surface area (Å²) in [6.07, 6.45) is 0. The number of hydrogen-bond acceptors (Lipinski definition) is 6. The van der Waals surface area contributed by atoms with E-state index in [1.165, 1.54) is 16.2 Å². The predicted molar refractivity (Wildman–Crippen MR) is 142 cm³/mol. The van der Waals surface area contributed by atoms with Crippen LogP contribution in [0.25, 0.3) is 16.5 Å². The first-order valence-electron chi connectivity index (χ1n) is 11.8. The predicted octanol–water partition coefficient (Wildman–Crippen LogP) is 6.33. The van der Waals surface area contributed by atoms with Crippen molar-refractivity contribution in [2.75, 3.05) is 18.1 Å². The molecule has 0 radical (unpaired) electrons. The number of ether oxygens (including phenoxy) is 2. The van der Waals surface area contributed by atoms with Gasteiger partial charge >= 0.3 is 0 Å². The van der Waals surface area contributed by atoms with Crippen LogP contribution in [0, 0.1) is 0 Å². The molecule has 0 saturated carbocycles. The zero-order valence-electron chi connectivity index (χ0n) is 19.9. The minimum Gasteiger partial charge on any atom is -0.507 e. The van der Waals surface area contributed by atoms with Crippen LogP contribution in [0.2, 0.25) is 0 Å². The van der Waals surface area contributed by atoms with E-state index in [1.54, 1.807) is 18.2 Å². The lowest BCUT2D eigenvalue weighted by Gasteiger charge is -2.25. The summed E-state index contributed by atoms with van der Waals surface area (Å²) in [6, 6.07) is 21.4. The van der Waals surface area contributed by atoms with Gasteiger partial charge in [0.05, 0.1) is 30.0 Å². The van der Waals surface area contributed by atoms with Gasteiger partial charge in [-0.1, -0.05) is 42.5 Å². The van der Waals surface area contributed by atoms with Crippen molar-refractivity contribution in [1.82, 2.24) is 0 Å². The molecule has 5 rings (SSSR count).